The van der Waals surface area contributed by atoms with Crippen LogP contribution < -0.4 is 5.32 Å². The van der Waals surface area contributed by atoms with Crippen molar-refractivity contribution >= 4 is 34.0 Å². The van der Waals surface area contributed by atoms with E-state index < -0.39 is 10.0 Å². The Kier molecular flexibility index (Phi) is 6.30. The zero-order valence-electron chi connectivity index (χ0n) is 13.5. The van der Waals surface area contributed by atoms with E-state index in [1.54, 1.807) is 18.3 Å². The van der Waals surface area contributed by atoms with Gasteiger partial charge in [0.15, 0.2) is 0 Å². The average Bonchev–Trinajstić information content (AvgIpc) is 3.01. The molecule has 0 atom stereocenters. The Morgan fingerprint density at radius 2 is 1.68 bits per heavy atom. The molecular weight excluding hydrogens is 379 g/mol. The van der Waals surface area contributed by atoms with E-state index in [9.17, 15) is 8.42 Å². The molecule has 0 radical (unpaired) electrons. The van der Waals surface area contributed by atoms with Crippen LogP contribution in [0.3, 0.4) is 0 Å². The molecule has 3 aromatic rings. The van der Waals surface area contributed by atoms with E-state index in [1.807, 2.05) is 43.4 Å². The monoisotopic (exact) mass is 396 g/mol. The van der Waals surface area contributed by atoms with E-state index in [0.29, 0.717) is 17.3 Å². The normalized spacial score (nSPS) is 11.1. The zero-order chi connectivity index (χ0) is 17.2. The number of nitrogens with one attached hydrogen (secondary N) is 1. The summed E-state index contributed by atoms with van der Waals surface area (Å²) in [6.45, 7) is 0.586. The fraction of sp³-hybridized carbons (Fsp3) is 0.111. The number of rotatable bonds is 5. The number of hydrogen-bond donors (Lipinski definition) is 1. The highest BCUT2D eigenvalue weighted by atomic mass is 35.5. The second kappa shape index (κ2) is 8.06. The molecule has 1 heterocycles. The van der Waals surface area contributed by atoms with Crippen molar-refractivity contribution in [2.24, 2.45) is 0 Å². The Morgan fingerprint density at radius 3 is 2.28 bits per heavy atom. The summed E-state index contributed by atoms with van der Waals surface area (Å²) < 4.78 is 27.4. The van der Waals surface area contributed by atoms with Crippen molar-refractivity contribution in [3.8, 4) is 11.3 Å². The second-order valence-corrected chi connectivity index (χ2v) is 7.64. The van der Waals surface area contributed by atoms with Crippen molar-refractivity contribution in [1.29, 1.82) is 0 Å². The van der Waals surface area contributed by atoms with E-state index in [2.05, 4.69) is 5.32 Å². The smallest absolute Gasteiger partial charge is 0.268 e. The SMILES string of the molecule is CNCc1cc(-c2ccccc2)n(S(=O)(=O)c2ccc(Cl)cc2)c1.Cl. The molecule has 0 aliphatic carbocycles. The first-order valence-electron chi connectivity index (χ1n) is 7.45. The van der Waals surface area contributed by atoms with Gasteiger partial charge < -0.3 is 5.32 Å². The summed E-state index contributed by atoms with van der Waals surface area (Å²) in [5.74, 6) is 0. The number of benzene rings is 2. The second-order valence-electron chi connectivity index (χ2n) is 5.38. The Balaban J connectivity index is 0.00000225. The molecule has 0 saturated heterocycles. The lowest BCUT2D eigenvalue weighted by atomic mass is 10.1. The average molecular weight is 397 g/mol. The summed E-state index contributed by atoms with van der Waals surface area (Å²) in [4.78, 5) is 0.204. The van der Waals surface area contributed by atoms with Crippen LogP contribution in [0.15, 0.2) is 71.8 Å². The Labute approximate surface area is 158 Å². The minimum Gasteiger partial charge on any atom is -0.316 e. The summed E-state index contributed by atoms with van der Waals surface area (Å²) in [5.41, 5.74) is 2.38. The number of hydrogen-bond acceptors (Lipinski definition) is 3. The summed E-state index contributed by atoms with van der Waals surface area (Å²) in [6, 6.07) is 17.5. The summed E-state index contributed by atoms with van der Waals surface area (Å²) in [6.07, 6.45) is 1.66. The molecule has 0 spiro atoms. The Bertz CT molecular complexity index is 937. The van der Waals surface area contributed by atoms with Crippen molar-refractivity contribution in [1.82, 2.24) is 9.29 Å². The third-order valence-corrected chi connectivity index (χ3v) is 5.60. The van der Waals surface area contributed by atoms with Crippen LogP contribution in [0, 0.1) is 0 Å². The van der Waals surface area contributed by atoms with Crippen LogP contribution in [0.2, 0.25) is 5.02 Å². The standard InChI is InChI=1S/C18H17ClN2O2S.ClH/c1-20-12-14-11-18(15-5-3-2-4-6-15)21(13-14)24(22,23)17-9-7-16(19)8-10-17;/h2-11,13,20H,12H2,1H3;1H. The van der Waals surface area contributed by atoms with Gasteiger partial charge in [-0.05, 0) is 48.5 Å². The molecule has 0 bridgehead atoms. The maximum absolute atomic E-state index is 13.1. The lowest BCUT2D eigenvalue weighted by Crippen LogP contribution is -2.13. The molecule has 0 saturated carbocycles. The lowest BCUT2D eigenvalue weighted by molar-refractivity contribution is 0.588. The minimum atomic E-state index is -3.70. The van der Waals surface area contributed by atoms with Crippen molar-refractivity contribution < 1.29 is 8.42 Å². The van der Waals surface area contributed by atoms with Gasteiger partial charge >= 0.3 is 0 Å². The van der Waals surface area contributed by atoms with Crippen LogP contribution in [0.4, 0.5) is 0 Å². The molecule has 25 heavy (non-hydrogen) atoms. The predicted molar refractivity (Wildman–Crippen MR) is 104 cm³/mol. The number of aromatic nitrogens is 1. The van der Waals surface area contributed by atoms with Crippen molar-refractivity contribution in [2.75, 3.05) is 7.05 Å². The molecule has 132 valence electrons. The quantitative estimate of drug-likeness (QED) is 0.703. The highest BCUT2D eigenvalue weighted by Gasteiger charge is 2.21. The molecule has 0 aliphatic rings. The topological polar surface area (TPSA) is 51.1 Å². The van der Waals surface area contributed by atoms with Gasteiger partial charge in [0.1, 0.15) is 0 Å². The molecule has 3 rings (SSSR count). The zero-order valence-corrected chi connectivity index (χ0v) is 15.9. The van der Waals surface area contributed by atoms with Gasteiger partial charge in [0.2, 0.25) is 0 Å². The highest BCUT2D eigenvalue weighted by Crippen LogP contribution is 2.27. The molecular formula is C18H18Cl2N2O2S. The van der Waals surface area contributed by atoms with Gasteiger partial charge in [-0.15, -0.1) is 12.4 Å². The molecule has 2 aromatic carbocycles. The third kappa shape index (κ3) is 4.07. The van der Waals surface area contributed by atoms with E-state index >= 15 is 0 Å². The number of nitrogens with zero attached hydrogens (tertiary/aromatic N) is 1. The van der Waals surface area contributed by atoms with E-state index in [-0.39, 0.29) is 17.3 Å². The van der Waals surface area contributed by atoms with Crippen LogP contribution in [0.1, 0.15) is 5.56 Å². The van der Waals surface area contributed by atoms with Crippen LogP contribution in [0.5, 0.6) is 0 Å². The largest absolute Gasteiger partial charge is 0.316 e. The summed E-state index contributed by atoms with van der Waals surface area (Å²) in [7, 11) is -1.88. The molecule has 0 amide bonds. The molecule has 0 aliphatic heterocycles. The molecule has 1 aromatic heterocycles. The third-order valence-electron chi connectivity index (χ3n) is 3.66. The molecule has 0 fully saturated rings. The van der Waals surface area contributed by atoms with Crippen molar-refractivity contribution in [3.05, 3.63) is 77.4 Å². The van der Waals surface area contributed by atoms with Gasteiger partial charge in [-0.2, -0.15) is 0 Å². The van der Waals surface area contributed by atoms with Gasteiger partial charge in [0.05, 0.1) is 10.6 Å². The van der Waals surface area contributed by atoms with E-state index in [4.69, 9.17) is 11.6 Å². The molecule has 7 heteroatoms. The Morgan fingerprint density at radius 1 is 1.04 bits per heavy atom. The maximum atomic E-state index is 13.1. The molecule has 1 N–H and O–H groups in total. The van der Waals surface area contributed by atoms with Crippen molar-refractivity contribution in [2.45, 2.75) is 11.4 Å². The predicted octanol–water partition coefficient (Wildman–Crippen LogP) is 4.19. The summed E-state index contributed by atoms with van der Waals surface area (Å²) >= 11 is 5.87. The van der Waals surface area contributed by atoms with Gasteiger partial charge in [-0.25, -0.2) is 12.4 Å². The lowest BCUT2D eigenvalue weighted by Gasteiger charge is -2.10. The van der Waals surface area contributed by atoms with Gasteiger partial charge in [-0.1, -0.05) is 41.9 Å². The first kappa shape index (κ1) is 19.5. The highest BCUT2D eigenvalue weighted by molar-refractivity contribution is 7.90. The number of halogens is 2. The molecule has 0 unspecified atom stereocenters. The van der Waals surface area contributed by atoms with E-state index in [1.165, 1.54) is 16.1 Å². The minimum absolute atomic E-state index is 0. The van der Waals surface area contributed by atoms with Crippen molar-refractivity contribution in [3.63, 3.8) is 0 Å². The van der Waals surface area contributed by atoms with Crippen LogP contribution in [-0.4, -0.2) is 19.4 Å². The van der Waals surface area contributed by atoms with Crippen LogP contribution in [0.25, 0.3) is 11.3 Å². The van der Waals surface area contributed by atoms with Gasteiger partial charge in [-0.3, -0.25) is 0 Å². The first-order chi connectivity index (χ1) is 11.5. The fourth-order valence-electron chi connectivity index (χ4n) is 2.54. The first-order valence-corrected chi connectivity index (χ1v) is 9.26. The fourth-order valence-corrected chi connectivity index (χ4v) is 4.06. The summed E-state index contributed by atoms with van der Waals surface area (Å²) in [5, 5.41) is 3.55. The molecule has 4 nitrogen and oxygen atoms in total. The maximum Gasteiger partial charge on any atom is 0.268 e. The van der Waals surface area contributed by atoms with Gasteiger partial charge in [0.25, 0.3) is 10.0 Å². The van der Waals surface area contributed by atoms with Crippen LogP contribution >= 0.6 is 24.0 Å². The van der Waals surface area contributed by atoms with Crippen LogP contribution in [-0.2, 0) is 16.6 Å². The Hall–Kier alpha value is -1.79. The van der Waals surface area contributed by atoms with Gasteiger partial charge in [0, 0.05) is 17.8 Å². The van der Waals surface area contributed by atoms with E-state index in [0.717, 1.165) is 11.1 Å².